The van der Waals surface area contributed by atoms with Crippen molar-refractivity contribution >= 4 is 66.7 Å². The average molecular weight is 641 g/mol. The quantitative estimate of drug-likeness (QED) is 0.299. The third kappa shape index (κ3) is 7.50. The van der Waals surface area contributed by atoms with Gasteiger partial charge in [-0.25, -0.2) is 8.42 Å². The van der Waals surface area contributed by atoms with Crippen LogP contribution in [0.3, 0.4) is 0 Å². The first-order valence-electron chi connectivity index (χ1n) is 11.8. The topological polar surface area (TPSA) is 86.8 Å². The van der Waals surface area contributed by atoms with Gasteiger partial charge in [-0.1, -0.05) is 69.5 Å². The summed E-state index contributed by atoms with van der Waals surface area (Å²) in [5.74, 6) is -0.914. The first-order chi connectivity index (χ1) is 17.9. The van der Waals surface area contributed by atoms with Crippen LogP contribution in [0.25, 0.3) is 0 Å². The fourth-order valence-electron chi connectivity index (χ4n) is 3.66. The predicted octanol–water partition coefficient (Wildman–Crippen LogP) is 5.89. The molecule has 0 radical (unpaired) electrons. The zero-order valence-electron chi connectivity index (χ0n) is 21.1. The predicted molar refractivity (Wildman–Crippen MR) is 155 cm³/mol. The van der Waals surface area contributed by atoms with Crippen LogP contribution in [0.5, 0.6) is 0 Å². The summed E-state index contributed by atoms with van der Waals surface area (Å²) in [5.41, 5.74) is 0.942. The van der Waals surface area contributed by atoms with Crippen LogP contribution in [0.4, 0.5) is 5.69 Å². The van der Waals surface area contributed by atoms with Gasteiger partial charge in [0, 0.05) is 17.1 Å². The molecule has 202 valence electrons. The minimum absolute atomic E-state index is 0.00364. The maximum atomic E-state index is 13.8. The van der Waals surface area contributed by atoms with Crippen molar-refractivity contribution in [2.45, 2.75) is 44.3 Å². The lowest BCUT2D eigenvalue weighted by Gasteiger charge is -2.32. The first kappa shape index (κ1) is 30.0. The summed E-state index contributed by atoms with van der Waals surface area (Å²) < 4.78 is 29.3. The fraction of sp³-hybridized carbons (Fsp3) is 0.259. The maximum Gasteiger partial charge on any atom is 0.264 e. The Kier molecular flexibility index (Phi) is 10.2. The number of amides is 2. The number of hydrogen-bond donors (Lipinski definition) is 1. The Balaban J connectivity index is 2.04. The van der Waals surface area contributed by atoms with Crippen LogP contribution in [0.2, 0.25) is 10.0 Å². The molecule has 1 N–H and O–H groups in total. The fourth-order valence-corrected chi connectivity index (χ4v) is 5.65. The molecule has 0 spiro atoms. The molecule has 38 heavy (non-hydrogen) atoms. The molecule has 1 atom stereocenters. The molecule has 7 nitrogen and oxygen atoms in total. The Morgan fingerprint density at radius 2 is 1.55 bits per heavy atom. The van der Waals surface area contributed by atoms with E-state index in [1.54, 1.807) is 25.1 Å². The average Bonchev–Trinajstić information content (AvgIpc) is 2.88. The molecule has 0 aromatic heterocycles. The first-order valence-corrected chi connectivity index (χ1v) is 14.8. The second-order valence-corrected chi connectivity index (χ2v) is 12.5. The molecule has 2 amide bonds. The van der Waals surface area contributed by atoms with E-state index < -0.39 is 28.5 Å². The molecule has 3 aromatic carbocycles. The van der Waals surface area contributed by atoms with Crippen molar-refractivity contribution in [1.29, 1.82) is 0 Å². The molecule has 3 rings (SSSR count). The highest BCUT2D eigenvalue weighted by Gasteiger charge is 2.32. The highest BCUT2D eigenvalue weighted by molar-refractivity contribution is 9.10. The SMILES string of the molecule is CC(C)NC(=O)[C@H](C)N(Cc1ccc(Br)cc1)C(=O)CN(c1ccc(Cl)c(Cl)c1)S(=O)(=O)c1ccccc1. The standard InChI is InChI=1S/C27H28BrCl2N3O4S/c1-18(2)31-27(35)19(3)32(16-20-9-11-21(28)12-10-20)26(34)17-33(22-13-14-24(29)25(30)15-22)38(36,37)23-7-5-4-6-8-23/h4-15,18-19H,16-17H2,1-3H3,(H,31,35)/t19-/m0/s1. The number of sulfonamides is 1. The second-order valence-electron chi connectivity index (χ2n) is 8.91. The molecule has 0 saturated heterocycles. The number of carbonyl (C=O) groups excluding carboxylic acids is 2. The van der Waals surface area contributed by atoms with Crippen molar-refractivity contribution in [2.75, 3.05) is 10.8 Å². The monoisotopic (exact) mass is 639 g/mol. The molecular weight excluding hydrogens is 613 g/mol. The van der Waals surface area contributed by atoms with Crippen molar-refractivity contribution in [3.05, 3.63) is 92.9 Å². The molecule has 0 aliphatic heterocycles. The molecule has 0 fully saturated rings. The molecular formula is C27H28BrCl2N3O4S. The number of halogens is 3. The van der Waals surface area contributed by atoms with E-state index in [9.17, 15) is 18.0 Å². The Hall–Kier alpha value is -2.59. The van der Waals surface area contributed by atoms with Crippen molar-refractivity contribution in [1.82, 2.24) is 10.2 Å². The van der Waals surface area contributed by atoms with E-state index in [4.69, 9.17) is 23.2 Å². The van der Waals surface area contributed by atoms with Gasteiger partial charge in [0.2, 0.25) is 11.8 Å². The second kappa shape index (κ2) is 13.0. The van der Waals surface area contributed by atoms with E-state index >= 15 is 0 Å². The van der Waals surface area contributed by atoms with Gasteiger partial charge < -0.3 is 10.2 Å². The van der Waals surface area contributed by atoms with E-state index in [0.29, 0.717) is 0 Å². The summed E-state index contributed by atoms with van der Waals surface area (Å²) in [7, 11) is -4.18. The number of hydrogen-bond acceptors (Lipinski definition) is 4. The normalized spacial score (nSPS) is 12.2. The smallest absolute Gasteiger partial charge is 0.264 e. The lowest BCUT2D eigenvalue weighted by atomic mass is 10.1. The molecule has 0 aliphatic rings. The van der Waals surface area contributed by atoms with Gasteiger partial charge in [-0.3, -0.25) is 13.9 Å². The number of rotatable bonds is 10. The molecule has 0 heterocycles. The van der Waals surface area contributed by atoms with Crippen LogP contribution in [0.1, 0.15) is 26.3 Å². The van der Waals surface area contributed by atoms with Gasteiger partial charge in [-0.2, -0.15) is 0 Å². The van der Waals surface area contributed by atoms with Gasteiger partial charge in [0.25, 0.3) is 10.0 Å². The molecule has 0 unspecified atom stereocenters. The van der Waals surface area contributed by atoms with E-state index in [1.165, 1.54) is 35.2 Å². The Labute approximate surface area is 241 Å². The number of benzene rings is 3. The van der Waals surface area contributed by atoms with Gasteiger partial charge in [-0.15, -0.1) is 0 Å². The van der Waals surface area contributed by atoms with E-state index in [0.717, 1.165) is 14.3 Å². The Bertz CT molecular complexity index is 1390. The minimum atomic E-state index is -4.18. The van der Waals surface area contributed by atoms with E-state index in [2.05, 4.69) is 21.2 Å². The van der Waals surface area contributed by atoms with Gasteiger partial charge in [-0.05, 0) is 68.8 Å². The molecule has 0 bridgehead atoms. The van der Waals surface area contributed by atoms with Gasteiger partial charge in [0.15, 0.2) is 0 Å². The number of nitrogens with one attached hydrogen (secondary N) is 1. The summed E-state index contributed by atoms with van der Waals surface area (Å²) in [6, 6.07) is 18.4. The minimum Gasteiger partial charge on any atom is -0.352 e. The van der Waals surface area contributed by atoms with Crippen molar-refractivity contribution < 1.29 is 18.0 Å². The molecule has 11 heteroatoms. The van der Waals surface area contributed by atoms with Gasteiger partial charge in [0.05, 0.1) is 20.6 Å². The van der Waals surface area contributed by atoms with Crippen molar-refractivity contribution in [3.8, 4) is 0 Å². The lowest BCUT2D eigenvalue weighted by Crippen LogP contribution is -2.52. The zero-order chi connectivity index (χ0) is 28.0. The summed E-state index contributed by atoms with van der Waals surface area (Å²) in [6.45, 7) is 4.79. The van der Waals surface area contributed by atoms with Gasteiger partial charge in [0.1, 0.15) is 12.6 Å². The van der Waals surface area contributed by atoms with Crippen molar-refractivity contribution in [3.63, 3.8) is 0 Å². The Morgan fingerprint density at radius 1 is 0.921 bits per heavy atom. The largest absolute Gasteiger partial charge is 0.352 e. The number of anilines is 1. The van der Waals surface area contributed by atoms with Crippen LogP contribution in [0.15, 0.2) is 82.2 Å². The Morgan fingerprint density at radius 3 is 2.13 bits per heavy atom. The van der Waals surface area contributed by atoms with Crippen molar-refractivity contribution in [2.24, 2.45) is 0 Å². The van der Waals surface area contributed by atoms with Crippen LogP contribution in [-0.2, 0) is 26.2 Å². The number of nitrogens with zero attached hydrogens (tertiary/aromatic N) is 2. The molecule has 3 aromatic rings. The molecule has 0 aliphatic carbocycles. The lowest BCUT2D eigenvalue weighted by molar-refractivity contribution is -0.139. The van der Waals surface area contributed by atoms with E-state index in [1.807, 2.05) is 38.1 Å². The van der Waals surface area contributed by atoms with Crippen LogP contribution in [-0.4, -0.2) is 43.8 Å². The number of carbonyl (C=O) groups is 2. The van der Waals surface area contributed by atoms with E-state index in [-0.39, 0.29) is 39.1 Å². The van der Waals surface area contributed by atoms with Crippen LogP contribution >= 0.6 is 39.1 Å². The highest BCUT2D eigenvalue weighted by atomic mass is 79.9. The maximum absolute atomic E-state index is 13.8. The summed E-state index contributed by atoms with van der Waals surface area (Å²) in [6.07, 6.45) is 0. The van der Waals surface area contributed by atoms with Crippen LogP contribution in [0, 0.1) is 0 Å². The van der Waals surface area contributed by atoms with Gasteiger partial charge >= 0.3 is 0 Å². The summed E-state index contributed by atoms with van der Waals surface area (Å²) >= 11 is 15.7. The summed E-state index contributed by atoms with van der Waals surface area (Å²) in [4.78, 5) is 28.1. The molecule has 0 saturated carbocycles. The van der Waals surface area contributed by atoms with Crippen LogP contribution < -0.4 is 9.62 Å². The summed E-state index contributed by atoms with van der Waals surface area (Å²) in [5, 5.41) is 3.21. The highest BCUT2D eigenvalue weighted by Crippen LogP contribution is 2.31. The third-order valence-corrected chi connectivity index (χ3v) is 8.72. The third-order valence-electron chi connectivity index (χ3n) is 5.67. The zero-order valence-corrected chi connectivity index (χ0v) is 25.0.